The van der Waals surface area contributed by atoms with Crippen LogP contribution in [0.5, 0.6) is 0 Å². The number of aromatic nitrogens is 4. The third-order valence-corrected chi connectivity index (χ3v) is 9.10. The molecule has 0 fully saturated rings. The standard InChI is InChI=1S/C26H30N4.C13H9F2N4.Ir/c1-21-23(3)29(25-13-7-5-8-14-25)19-27(21)17-11-12-18-28-20-30(24(4)22(28)2)26-15-9-6-10-16-26;1-7-8(2)19-6-5-16-11(13(19)17-7)9-3-4-10(14)18-12(9)15;/h5-10,13,15,19-20H,11-12,17-18H2,1-4H3;4-6H,1-2H3;/q-4;-1;. The van der Waals surface area contributed by atoms with Gasteiger partial charge in [0.25, 0.3) is 0 Å². The molecule has 263 valence electrons. The maximum absolute atomic E-state index is 13.7. The minimum absolute atomic E-state index is 0. The minimum Gasteiger partial charge on any atom is -0.505 e. The molecule has 1 radical (unpaired) electrons. The number of nitrogens with zero attached hydrogens (tertiary/aromatic N) is 8. The van der Waals surface area contributed by atoms with Crippen molar-refractivity contribution in [3.63, 3.8) is 0 Å². The number of hydrogen-bond donors (Lipinski definition) is 0. The van der Waals surface area contributed by atoms with Crippen LogP contribution in [0.15, 0.2) is 89.8 Å². The van der Waals surface area contributed by atoms with Gasteiger partial charge in [0, 0.05) is 55.3 Å². The van der Waals surface area contributed by atoms with E-state index in [0.29, 0.717) is 11.3 Å². The van der Waals surface area contributed by atoms with Crippen molar-refractivity contribution >= 4 is 17.0 Å². The summed E-state index contributed by atoms with van der Waals surface area (Å²) in [6, 6.07) is 26.4. The molecule has 0 atom stereocenters. The average molecular weight is 850 g/mol. The second-order valence-electron chi connectivity index (χ2n) is 12.0. The average Bonchev–Trinajstić information content (AvgIpc) is 3.69. The molecule has 8 nitrogen and oxygen atoms in total. The second-order valence-corrected chi connectivity index (χ2v) is 12.0. The Morgan fingerprint density at radius 3 is 1.78 bits per heavy atom. The van der Waals surface area contributed by atoms with E-state index in [1.807, 2.05) is 38.1 Å². The van der Waals surface area contributed by atoms with Crippen molar-refractivity contribution in [3.05, 3.63) is 145 Å². The number of allylic oxidation sites excluding steroid dienone is 4. The molecule has 2 aliphatic rings. The summed E-state index contributed by atoms with van der Waals surface area (Å²) < 4.78 is 28.3. The van der Waals surface area contributed by atoms with Gasteiger partial charge in [0.05, 0.1) is 5.69 Å². The molecule has 0 bridgehead atoms. The van der Waals surface area contributed by atoms with E-state index in [-0.39, 0.29) is 25.7 Å². The molecule has 50 heavy (non-hydrogen) atoms. The summed E-state index contributed by atoms with van der Waals surface area (Å²) >= 11 is 0. The van der Waals surface area contributed by atoms with Gasteiger partial charge in [0.15, 0.2) is 0 Å². The van der Waals surface area contributed by atoms with Gasteiger partial charge in [-0.3, -0.25) is 9.97 Å². The Bertz CT molecular complexity index is 1920. The monoisotopic (exact) mass is 850 g/mol. The van der Waals surface area contributed by atoms with Crippen LogP contribution >= 0.6 is 0 Å². The fraction of sp³-hybridized carbons (Fsp3) is 0.256. The van der Waals surface area contributed by atoms with Crippen molar-refractivity contribution in [2.45, 2.75) is 54.4 Å². The summed E-state index contributed by atoms with van der Waals surface area (Å²) in [5.41, 5.74) is 9.94. The van der Waals surface area contributed by atoms with Gasteiger partial charge in [-0.25, -0.2) is 13.8 Å². The summed E-state index contributed by atoms with van der Waals surface area (Å²) in [6.07, 6.45) is 5.55. The van der Waals surface area contributed by atoms with Gasteiger partial charge in [-0.2, -0.15) is 74.0 Å². The number of halogens is 2. The molecular formula is C39H39F2IrN8-5. The molecule has 0 saturated heterocycles. The maximum Gasteiger partial charge on any atom is 0.128 e. The Balaban J connectivity index is 0.000000209. The van der Waals surface area contributed by atoms with Gasteiger partial charge in [0.2, 0.25) is 0 Å². The van der Waals surface area contributed by atoms with Crippen LogP contribution < -0.4 is 9.80 Å². The molecule has 0 spiro atoms. The van der Waals surface area contributed by atoms with E-state index in [0.717, 1.165) is 54.8 Å². The van der Waals surface area contributed by atoms with Gasteiger partial charge < -0.3 is 24.0 Å². The van der Waals surface area contributed by atoms with E-state index in [2.05, 4.69) is 118 Å². The van der Waals surface area contributed by atoms with E-state index in [9.17, 15) is 8.78 Å². The molecule has 5 heterocycles. The summed E-state index contributed by atoms with van der Waals surface area (Å²) in [4.78, 5) is 20.8. The summed E-state index contributed by atoms with van der Waals surface area (Å²) in [6.45, 7) is 19.0. The van der Waals surface area contributed by atoms with Crippen molar-refractivity contribution in [2.75, 3.05) is 22.9 Å². The smallest absolute Gasteiger partial charge is 0.128 e. The van der Waals surface area contributed by atoms with Crippen LogP contribution in [-0.2, 0) is 20.1 Å². The van der Waals surface area contributed by atoms with E-state index in [1.165, 1.54) is 29.0 Å². The van der Waals surface area contributed by atoms with E-state index in [4.69, 9.17) is 0 Å². The van der Waals surface area contributed by atoms with Crippen LogP contribution in [-0.4, -0.2) is 42.2 Å². The molecule has 11 heteroatoms. The Labute approximate surface area is 307 Å². The third-order valence-electron chi connectivity index (χ3n) is 9.10. The molecule has 5 aromatic rings. The SMILES string of the molecule is CC1=C(C)N(c2[c-]cccc2)[CH-]N1CCCCN1[CH-]N(c2[c-]cccc2)C(C)=C1C.Cc1nc2c(-c3[c-]cc(F)nc3F)nccn2c1C.[Ir]. The van der Waals surface area contributed by atoms with E-state index < -0.39 is 11.9 Å². The Morgan fingerprint density at radius 2 is 1.28 bits per heavy atom. The third kappa shape index (κ3) is 7.59. The number of benzene rings is 2. The molecule has 2 aromatic carbocycles. The normalized spacial score (nSPS) is 14.5. The Hall–Kier alpha value is -4.60. The first-order valence-electron chi connectivity index (χ1n) is 16.3. The summed E-state index contributed by atoms with van der Waals surface area (Å²) in [5, 5.41) is 0. The number of unbranched alkanes of at least 4 members (excludes halogenated alkanes) is 1. The van der Waals surface area contributed by atoms with Gasteiger partial charge >= 0.3 is 0 Å². The van der Waals surface area contributed by atoms with Crippen LogP contribution in [0, 0.1) is 57.3 Å². The van der Waals surface area contributed by atoms with Crippen LogP contribution in [0.1, 0.15) is 51.9 Å². The van der Waals surface area contributed by atoms with Crippen molar-refractivity contribution in [2.24, 2.45) is 0 Å². The van der Waals surface area contributed by atoms with Crippen LogP contribution in [0.4, 0.5) is 20.2 Å². The predicted molar refractivity (Wildman–Crippen MR) is 188 cm³/mol. The zero-order chi connectivity index (χ0) is 34.7. The van der Waals surface area contributed by atoms with Crippen molar-refractivity contribution in [1.29, 1.82) is 0 Å². The summed E-state index contributed by atoms with van der Waals surface area (Å²) in [7, 11) is 0. The largest absolute Gasteiger partial charge is 0.505 e. The Kier molecular flexibility index (Phi) is 11.7. The number of fused-ring (bicyclic) bond motifs is 1. The zero-order valence-electron chi connectivity index (χ0n) is 29.0. The number of pyridine rings is 1. The first-order chi connectivity index (χ1) is 23.6. The number of para-hydroxylation sites is 2. The van der Waals surface area contributed by atoms with E-state index in [1.54, 1.807) is 10.6 Å². The molecule has 0 aliphatic carbocycles. The van der Waals surface area contributed by atoms with Crippen molar-refractivity contribution in [3.8, 4) is 11.3 Å². The minimum atomic E-state index is -0.945. The Morgan fingerprint density at radius 1 is 0.720 bits per heavy atom. The van der Waals surface area contributed by atoms with E-state index >= 15 is 0 Å². The number of aryl methyl sites for hydroxylation is 2. The molecule has 7 rings (SSSR count). The topological polar surface area (TPSA) is 56.0 Å². The van der Waals surface area contributed by atoms with Crippen molar-refractivity contribution in [1.82, 2.24) is 29.2 Å². The number of anilines is 2. The predicted octanol–water partition coefficient (Wildman–Crippen LogP) is 8.24. The fourth-order valence-electron chi connectivity index (χ4n) is 5.88. The first kappa shape index (κ1) is 36.7. The van der Waals surface area contributed by atoms with Gasteiger partial charge in [-0.15, -0.1) is 17.4 Å². The van der Waals surface area contributed by atoms with Gasteiger partial charge in [-0.05, 0) is 78.9 Å². The molecular weight excluding hydrogens is 811 g/mol. The molecule has 2 aliphatic heterocycles. The number of hydrogen-bond acceptors (Lipinski definition) is 7. The first-order valence-corrected chi connectivity index (χ1v) is 16.3. The van der Waals surface area contributed by atoms with Gasteiger partial charge in [-0.1, -0.05) is 11.6 Å². The summed E-state index contributed by atoms with van der Waals surface area (Å²) in [5.74, 6) is -1.86. The fourth-order valence-corrected chi connectivity index (χ4v) is 5.88. The molecule has 3 aromatic heterocycles. The molecule has 0 N–H and O–H groups in total. The van der Waals surface area contributed by atoms with Crippen LogP contribution in [0.25, 0.3) is 16.9 Å². The molecule has 0 unspecified atom stereocenters. The van der Waals surface area contributed by atoms with Crippen molar-refractivity contribution < 1.29 is 28.9 Å². The van der Waals surface area contributed by atoms with Crippen LogP contribution in [0.3, 0.4) is 0 Å². The van der Waals surface area contributed by atoms with Gasteiger partial charge in [0.1, 0.15) is 17.5 Å². The van der Waals surface area contributed by atoms with Crippen LogP contribution in [0.2, 0.25) is 0 Å². The number of rotatable bonds is 8. The zero-order valence-corrected chi connectivity index (χ0v) is 31.4. The maximum atomic E-state index is 13.7. The number of imidazole rings is 1. The molecule has 0 saturated carbocycles. The second kappa shape index (κ2) is 16.0. The molecule has 0 amide bonds. The quantitative estimate of drug-likeness (QED) is 0.0887.